The van der Waals surface area contributed by atoms with Crippen LogP contribution in [0.15, 0.2) is 16.6 Å². The van der Waals surface area contributed by atoms with Crippen LogP contribution in [-0.2, 0) is 25.7 Å². The minimum Gasteiger partial charge on any atom is -0.598 e. The molecule has 0 aromatic heterocycles. The van der Waals surface area contributed by atoms with Gasteiger partial charge in [0.2, 0.25) is 0 Å². The highest BCUT2D eigenvalue weighted by molar-refractivity contribution is 9.10. The second-order valence-electron chi connectivity index (χ2n) is 6.71. The lowest BCUT2D eigenvalue weighted by molar-refractivity contribution is -0.140. The molecule has 10 heteroatoms. The first kappa shape index (κ1) is 27.3. The van der Waals surface area contributed by atoms with Crippen LogP contribution in [0.1, 0.15) is 51.3 Å². The van der Waals surface area contributed by atoms with Gasteiger partial charge in [-0.15, -0.1) is 4.72 Å². The van der Waals surface area contributed by atoms with E-state index in [9.17, 15) is 18.5 Å². The molecule has 2 unspecified atom stereocenters. The van der Waals surface area contributed by atoms with Gasteiger partial charge < -0.3 is 14.4 Å². The summed E-state index contributed by atoms with van der Waals surface area (Å²) in [7, 11) is 0. The van der Waals surface area contributed by atoms with Crippen molar-refractivity contribution >= 4 is 55.2 Å². The Morgan fingerprint density at radius 2 is 1.96 bits per heavy atom. The number of nitrogens with one attached hydrogen (secondary N) is 1. The fraction of sp³-hybridized carbons (Fsp3) is 0.556. The summed E-state index contributed by atoms with van der Waals surface area (Å²) in [6.45, 7) is 9.12. The Bertz CT molecular complexity index is 670. The molecule has 0 spiro atoms. The topological polar surface area (TPSA) is 98.7 Å². The summed E-state index contributed by atoms with van der Waals surface area (Å²) >= 11 is 4.71. The number of carbonyl (C=O) groups excluding carboxylic acids is 1. The maximum atomic E-state index is 14.3. The highest BCUT2D eigenvalue weighted by atomic mass is 79.9. The molecule has 0 heterocycles. The molecule has 1 aromatic carbocycles. The van der Waals surface area contributed by atoms with E-state index in [0.29, 0.717) is 22.0 Å². The van der Waals surface area contributed by atoms with Crippen molar-refractivity contribution in [2.75, 3.05) is 11.9 Å². The third kappa shape index (κ3) is 10.2. The van der Waals surface area contributed by atoms with Gasteiger partial charge in [0.05, 0.1) is 19.1 Å². The van der Waals surface area contributed by atoms with Crippen LogP contribution < -0.4 is 4.72 Å². The summed E-state index contributed by atoms with van der Waals surface area (Å²) in [5, 5.41) is 9.31. The van der Waals surface area contributed by atoms with Crippen LogP contribution in [0.2, 0.25) is 0 Å². The van der Waals surface area contributed by atoms with Gasteiger partial charge in [0.25, 0.3) is 0 Å². The van der Waals surface area contributed by atoms with Gasteiger partial charge in [-0.1, -0.05) is 31.9 Å². The summed E-state index contributed by atoms with van der Waals surface area (Å²) in [5.74, 6) is -1.78. The SMILES string of the molecule is CCOC(=O)CBr.Cc1cc(Br)cc(C(CC(=O)O)N[S+]([O-])C(C)(C)C)c1F. The molecule has 1 aromatic rings. The second-order valence-corrected chi connectivity index (χ2v) is 10.2. The molecule has 28 heavy (non-hydrogen) atoms. The predicted octanol–water partition coefficient (Wildman–Crippen LogP) is 4.41. The number of carboxylic acids is 1. The molecule has 0 radical (unpaired) electrons. The number of esters is 1. The summed E-state index contributed by atoms with van der Waals surface area (Å²) < 4.78 is 33.8. The molecule has 0 amide bonds. The number of carboxylic acid groups (broad SMARTS) is 1. The van der Waals surface area contributed by atoms with Crippen LogP contribution >= 0.6 is 31.9 Å². The number of halogens is 3. The average molecular weight is 547 g/mol. The lowest BCUT2D eigenvalue weighted by atomic mass is 10.0. The molecule has 0 bridgehead atoms. The van der Waals surface area contributed by atoms with Gasteiger partial charge in [-0.25, -0.2) is 4.39 Å². The third-order valence-electron chi connectivity index (χ3n) is 3.22. The van der Waals surface area contributed by atoms with Gasteiger partial charge in [0, 0.05) is 21.4 Å². The molecule has 0 saturated heterocycles. The quantitative estimate of drug-likeness (QED) is 0.298. The molecular formula is C18H26Br2FNO5S. The van der Waals surface area contributed by atoms with Crippen LogP contribution in [0.25, 0.3) is 0 Å². The highest BCUT2D eigenvalue weighted by Gasteiger charge is 2.32. The van der Waals surface area contributed by atoms with Crippen molar-refractivity contribution in [3.8, 4) is 0 Å². The van der Waals surface area contributed by atoms with E-state index in [1.807, 2.05) is 0 Å². The van der Waals surface area contributed by atoms with E-state index in [-0.39, 0.29) is 18.0 Å². The van der Waals surface area contributed by atoms with Crippen molar-refractivity contribution in [1.82, 2.24) is 4.72 Å². The first-order valence-electron chi connectivity index (χ1n) is 8.40. The molecular weight excluding hydrogens is 521 g/mol. The monoisotopic (exact) mass is 545 g/mol. The van der Waals surface area contributed by atoms with Crippen LogP contribution in [0, 0.1) is 12.7 Å². The van der Waals surface area contributed by atoms with Gasteiger partial charge in [-0.05, 0) is 52.3 Å². The summed E-state index contributed by atoms with van der Waals surface area (Å²) in [5.41, 5.74) is 0.597. The molecule has 6 nitrogen and oxygen atoms in total. The van der Waals surface area contributed by atoms with Gasteiger partial charge in [-0.2, -0.15) is 0 Å². The Morgan fingerprint density at radius 1 is 1.39 bits per heavy atom. The predicted molar refractivity (Wildman–Crippen MR) is 115 cm³/mol. The van der Waals surface area contributed by atoms with Gasteiger partial charge in [0.15, 0.2) is 0 Å². The number of aliphatic carboxylic acids is 1. The average Bonchev–Trinajstić information content (AvgIpc) is 2.57. The first-order chi connectivity index (χ1) is 12.8. The number of carbonyl (C=O) groups is 2. The zero-order valence-electron chi connectivity index (χ0n) is 16.5. The molecule has 0 saturated carbocycles. The standard InChI is InChI=1S/C14H19BrFNO3S.C4H7BrO2/c1-8-5-9(15)6-10(13(8)16)11(7-12(18)19)17-21(20)14(2,3)4;1-2-7-4(6)3-5/h5-6,11,17H,7H2,1-4H3,(H,18,19);2-3H2,1H3. The summed E-state index contributed by atoms with van der Waals surface area (Å²) in [4.78, 5) is 21.2. The van der Waals surface area contributed by atoms with Gasteiger partial charge >= 0.3 is 11.9 Å². The summed E-state index contributed by atoms with van der Waals surface area (Å²) in [6, 6.07) is 2.26. The van der Waals surface area contributed by atoms with Crippen molar-refractivity contribution in [3.63, 3.8) is 0 Å². The Labute approximate surface area is 185 Å². The number of hydrogen-bond acceptors (Lipinski definition) is 5. The Morgan fingerprint density at radius 3 is 2.36 bits per heavy atom. The minimum absolute atomic E-state index is 0.196. The van der Waals surface area contributed by atoms with E-state index in [2.05, 4.69) is 41.3 Å². The molecule has 2 atom stereocenters. The third-order valence-corrected chi connectivity index (χ3v) is 5.75. The van der Waals surface area contributed by atoms with Crippen LogP contribution in [-0.4, -0.2) is 38.3 Å². The number of benzene rings is 1. The largest absolute Gasteiger partial charge is 0.598 e. The van der Waals surface area contributed by atoms with Crippen LogP contribution in [0.4, 0.5) is 4.39 Å². The Kier molecular flexibility index (Phi) is 12.5. The fourth-order valence-corrected chi connectivity index (χ4v) is 3.47. The molecule has 0 aliphatic carbocycles. The number of aryl methyl sites for hydroxylation is 1. The lowest BCUT2D eigenvalue weighted by Crippen LogP contribution is -2.42. The second kappa shape index (κ2) is 12.8. The fourth-order valence-electron chi connectivity index (χ4n) is 1.90. The van der Waals surface area contributed by atoms with E-state index in [0.717, 1.165) is 0 Å². The van der Waals surface area contributed by atoms with Gasteiger partial charge in [0.1, 0.15) is 15.9 Å². The van der Waals surface area contributed by atoms with Crippen molar-refractivity contribution in [2.45, 2.75) is 51.8 Å². The van der Waals surface area contributed by atoms with E-state index < -0.39 is 33.9 Å². The maximum absolute atomic E-state index is 14.3. The first-order valence-corrected chi connectivity index (χ1v) is 11.5. The normalized spacial score (nSPS) is 13.2. The molecule has 1 rings (SSSR count). The van der Waals surface area contributed by atoms with E-state index in [1.54, 1.807) is 40.7 Å². The van der Waals surface area contributed by atoms with Gasteiger partial charge in [-0.3, -0.25) is 9.59 Å². The Balaban J connectivity index is 0.000000887. The number of rotatable bonds is 7. The Hall–Kier alpha value is -0.680. The van der Waals surface area contributed by atoms with Crippen molar-refractivity contribution in [2.24, 2.45) is 0 Å². The number of hydrogen-bond donors (Lipinski definition) is 2. The van der Waals surface area contributed by atoms with E-state index >= 15 is 0 Å². The van der Waals surface area contributed by atoms with Crippen LogP contribution in [0.3, 0.4) is 0 Å². The zero-order chi connectivity index (χ0) is 22.1. The molecule has 0 fully saturated rings. The van der Waals surface area contributed by atoms with Crippen molar-refractivity contribution < 1.29 is 28.4 Å². The molecule has 0 aliphatic rings. The highest BCUT2D eigenvalue weighted by Crippen LogP contribution is 2.29. The van der Waals surface area contributed by atoms with Crippen molar-refractivity contribution in [3.05, 3.63) is 33.5 Å². The van der Waals surface area contributed by atoms with E-state index in [4.69, 9.17) is 5.11 Å². The minimum atomic E-state index is -1.50. The zero-order valence-corrected chi connectivity index (χ0v) is 20.5. The van der Waals surface area contributed by atoms with Crippen molar-refractivity contribution in [1.29, 1.82) is 0 Å². The molecule has 2 N–H and O–H groups in total. The number of alkyl halides is 1. The molecule has 160 valence electrons. The number of ether oxygens (including phenoxy) is 1. The smallest absolute Gasteiger partial charge is 0.316 e. The van der Waals surface area contributed by atoms with E-state index in [1.165, 1.54) is 6.07 Å². The lowest BCUT2D eigenvalue weighted by Gasteiger charge is -2.28. The van der Waals surface area contributed by atoms with Crippen LogP contribution in [0.5, 0.6) is 0 Å². The molecule has 0 aliphatic heterocycles. The summed E-state index contributed by atoms with van der Waals surface area (Å²) in [6.07, 6.45) is -0.353. The maximum Gasteiger partial charge on any atom is 0.316 e.